The van der Waals surface area contributed by atoms with Crippen LogP contribution in [0.3, 0.4) is 0 Å². The molecule has 0 saturated carbocycles. The minimum Gasteiger partial charge on any atom is -0.449 e. The zero-order valence-electron chi connectivity index (χ0n) is 25.6. The van der Waals surface area contributed by atoms with Gasteiger partial charge in [-0.1, -0.05) is 105 Å². The lowest BCUT2D eigenvalue weighted by molar-refractivity contribution is 0.359. The number of anilines is 2. The summed E-state index contributed by atoms with van der Waals surface area (Å²) < 4.78 is 13.3. The van der Waals surface area contributed by atoms with Gasteiger partial charge in [-0.25, -0.2) is 0 Å². The molecule has 9 rings (SSSR count). The number of benzene rings is 6. The van der Waals surface area contributed by atoms with Crippen LogP contribution in [0.1, 0.15) is 34.7 Å². The van der Waals surface area contributed by atoms with Crippen molar-refractivity contribution in [2.24, 2.45) is 0 Å². The lowest BCUT2D eigenvalue weighted by Gasteiger charge is -2.31. The first-order valence-corrected chi connectivity index (χ1v) is 15.8. The summed E-state index contributed by atoms with van der Waals surface area (Å²) >= 11 is 0. The Morgan fingerprint density at radius 3 is 1.80 bits per heavy atom. The van der Waals surface area contributed by atoms with Crippen LogP contribution >= 0.6 is 0 Å². The monoisotopic (exact) mass is 593 g/mol. The Balaban J connectivity index is 1.19. The van der Waals surface area contributed by atoms with Crippen molar-refractivity contribution in [3.05, 3.63) is 180 Å². The van der Waals surface area contributed by atoms with Gasteiger partial charge >= 0.3 is 0 Å². The molecule has 1 spiro atoms. The van der Waals surface area contributed by atoms with Crippen LogP contribution in [-0.4, -0.2) is 0 Å². The van der Waals surface area contributed by atoms with Gasteiger partial charge in [0.25, 0.3) is 0 Å². The molecule has 2 aliphatic carbocycles. The lowest BCUT2D eigenvalue weighted by atomic mass is 9.70. The van der Waals surface area contributed by atoms with E-state index in [1.54, 1.807) is 6.08 Å². The molecule has 0 amide bonds. The molecule has 3 nitrogen and oxygen atoms in total. The van der Waals surface area contributed by atoms with Gasteiger partial charge < -0.3 is 14.4 Å². The van der Waals surface area contributed by atoms with E-state index < -0.39 is 5.41 Å². The van der Waals surface area contributed by atoms with Gasteiger partial charge in [-0.3, -0.25) is 0 Å². The molecule has 0 atom stereocenters. The van der Waals surface area contributed by atoms with Crippen LogP contribution in [0, 0.1) is 0 Å². The third kappa shape index (κ3) is 3.54. The number of allylic oxidation sites excluding steroid dienone is 1. The number of aryl methyl sites for hydroxylation is 1. The van der Waals surface area contributed by atoms with Gasteiger partial charge in [-0.15, -0.1) is 0 Å². The van der Waals surface area contributed by atoms with Crippen molar-refractivity contribution < 1.29 is 9.47 Å². The van der Waals surface area contributed by atoms with E-state index in [0.717, 1.165) is 29.2 Å². The van der Waals surface area contributed by atoms with E-state index in [1.807, 2.05) is 12.1 Å². The summed E-state index contributed by atoms with van der Waals surface area (Å²) in [6.45, 7) is 10.5. The molecule has 46 heavy (non-hydrogen) atoms. The highest BCUT2D eigenvalue weighted by molar-refractivity contribution is 5.95. The highest BCUT2D eigenvalue weighted by atomic mass is 16.6. The molecule has 0 saturated heterocycles. The second-order valence-corrected chi connectivity index (χ2v) is 12.1. The van der Waals surface area contributed by atoms with Crippen LogP contribution < -0.4 is 14.4 Å². The Morgan fingerprint density at radius 1 is 0.587 bits per heavy atom. The molecule has 220 valence electrons. The van der Waals surface area contributed by atoms with Crippen molar-refractivity contribution in [3.63, 3.8) is 0 Å². The normalized spacial score (nSPS) is 13.7. The smallest absolute Gasteiger partial charge is 0.172 e. The zero-order chi connectivity index (χ0) is 31.0. The topological polar surface area (TPSA) is 21.7 Å². The molecule has 0 bridgehead atoms. The van der Waals surface area contributed by atoms with Gasteiger partial charge in [0.05, 0.1) is 11.1 Å². The lowest BCUT2D eigenvalue weighted by Crippen LogP contribution is -2.25. The molecule has 3 heteroatoms. The number of ether oxygens (including phenoxy) is 2. The molecular weight excluding hydrogens is 562 g/mol. The van der Waals surface area contributed by atoms with Crippen molar-refractivity contribution in [1.82, 2.24) is 0 Å². The predicted octanol–water partition coefficient (Wildman–Crippen LogP) is 11.3. The van der Waals surface area contributed by atoms with Gasteiger partial charge in [0, 0.05) is 17.5 Å². The molecule has 3 aliphatic rings. The Hall–Kier alpha value is -5.80. The van der Waals surface area contributed by atoms with Crippen LogP contribution in [-0.2, 0) is 11.8 Å². The van der Waals surface area contributed by atoms with Crippen molar-refractivity contribution in [1.29, 1.82) is 0 Å². The van der Waals surface area contributed by atoms with Gasteiger partial charge in [-0.2, -0.15) is 0 Å². The molecule has 0 N–H and O–H groups in total. The maximum absolute atomic E-state index is 6.69. The molecule has 1 heterocycles. The van der Waals surface area contributed by atoms with E-state index in [-0.39, 0.29) is 0 Å². The minimum absolute atomic E-state index is 0.430. The standard InChI is InChI=1S/C43H31NO2/c1-4-27(3)44(29-14-12-13-28(5-2)23-29)30-21-22-39-40(24-30)46-41-25-34-33-17-8-11-20-37(33)43(38(34)26-42(41)45-39)35-18-9-6-15-31(35)32-16-7-10-19-36(32)43/h4,6-26H,1,3,5H2,2H3. The first-order chi connectivity index (χ1) is 22.6. The Bertz CT molecular complexity index is 2220. The van der Waals surface area contributed by atoms with Crippen molar-refractivity contribution in [2.75, 3.05) is 4.90 Å². The highest BCUT2D eigenvalue weighted by Gasteiger charge is 2.52. The van der Waals surface area contributed by atoms with Gasteiger partial charge in [0.15, 0.2) is 23.0 Å². The molecule has 0 unspecified atom stereocenters. The Labute approximate surface area is 269 Å². The second-order valence-electron chi connectivity index (χ2n) is 12.1. The summed E-state index contributed by atoms with van der Waals surface area (Å²) in [5.74, 6) is 2.77. The van der Waals surface area contributed by atoms with Gasteiger partial charge in [-0.05, 0) is 99.0 Å². The number of rotatable bonds is 5. The summed E-state index contributed by atoms with van der Waals surface area (Å²) in [4.78, 5) is 2.10. The zero-order valence-corrected chi connectivity index (χ0v) is 25.6. The average molecular weight is 594 g/mol. The van der Waals surface area contributed by atoms with Crippen LogP contribution in [0.2, 0.25) is 0 Å². The van der Waals surface area contributed by atoms with E-state index in [4.69, 9.17) is 9.47 Å². The summed E-state index contributed by atoms with van der Waals surface area (Å²) in [6, 6.07) is 45.4. The molecule has 0 radical (unpaired) electrons. The van der Waals surface area contributed by atoms with Crippen LogP contribution in [0.15, 0.2) is 152 Å². The van der Waals surface area contributed by atoms with Gasteiger partial charge in [0.1, 0.15) is 0 Å². The number of fused-ring (bicyclic) bond motifs is 12. The summed E-state index contributed by atoms with van der Waals surface area (Å²) in [6.07, 6.45) is 2.73. The maximum atomic E-state index is 6.69. The number of hydrogen-bond acceptors (Lipinski definition) is 3. The van der Waals surface area contributed by atoms with Crippen LogP contribution in [0.5, 0.6) is 23.0 Å². The van der Waals surface area contributed by atoms with Crippen LogP contribution in [0.25, 0.3) is 22.3 Å². The second kappa shape index (κ2) is 9.85. The van der Waals surface area contributed by atoms with Gasteiger partial charge in [0.2, 0.25) is 0 Å². The summed E-state index contributed by atoms with van der Waals surface area (Å²) in [5, 5.41) is 0. The Kier molecular flexibility index (Phi) is 5.69. The number of hydrogen-bond donors (Lipinski definition) is 0. The molecule has 0 aromatic heterocycles. The predicted molar refractivity (Wildman–Crippen MR) is 187 cm³/mol. The molecule has 1 aliphatic heterocycles. The van der Waals surface area contributed by atoms with E-state index in [2.05, 4.69) is 140 Å². The SMILES string of the molecule is C=CC(=C)N(c1cccc(CC)c1)c1ccc2c(c1)Oc1cc3c(cc1O2)C1(c2ccccc2-c2ccccc21)c1ccccc1-3. The fourth-order valence-corrected chi connectivity index (χ4v) is 7.78. The van der Waals surface area contributed by atoms with E-state index in [1.165, 1.54) is 50.1 Å². The maximum Gasteiger partial charge on any atom is 0.172 e. The largest absolute Gasteiger partial charge is 0.449 e. The van der Waals surface area contributed by atoms with E-state index >= 15 is 0 Å². The average Bonchev–Trinajstić information content (AvgIpc) is 3.56. The Morgan fingerprint density at radius 2 is 1.15 bits per heavy atom. The van der Waals surface area contributed by atoms with Crippen molar-refractivity contribution in [3.8, 4) is 45.3 Å². The third-order valence-electron chi connectivity index (χ3n) is 9.79. The van der Waals surface area contributed by atoms with Crippen LogP contribution in [0.4, 0.5) is 11.4 Å². The fraction of sp³-hybridized carbons (Fsp3) is 0.0698. The highest BCUT2D eigenvalue weighted by Crippen LogP contribution is 2.64. The minimum atomic E-state index is -0.430. The first-order valence-electron chi connectivity index (χ1n) is 15.8. The molecule has 6 aromatic rings. The fourth-order valence-electron chi connectivity index (χ4n) is 7.78. The molecule has 0 fully saturated rings. The molecular formula is C43H31NO2. The quantitative estimate of drug-likeness (QED) is 0.185. The van der Waals surface area contributed by atoms with E-state index in [9.17, 15) is 0 Å². The third-order valence-corrected chi connectivity index (χ3v) is 9.79. The summed E-state index contributed by atoms with van der Waals surface area (Å²) in [5.41, 5.74) is 13.6. The first kappa shape index (κ1) is 26.6. The summed E-state index contributed by atoms with van der Waals surface area (Å²) in [7, 11) is 0. The van der Waals surface area contributed by atoms with E-state index in [0.29, 0.717) is 17.2 Å². The number of nitrogens with zero attached hydrogens (tertiary/aromatic N) is 1. The van der Waals surface area contributed by atoms with Crippen molar-refractivity contribution in [2.45, 2.75) is 18.8 Å². The van der Waals surface area contributed by atoms with Crippen molar-refractivity contribution >= 4 is 11.4 Å². The molecule has 6 aromatic carbocycles.